The van der Waals surface area contributed by atoms with E-state index in [0.717, 1.165) is 6.26 Å². The number of anilines is 1. The van der Waals surface area contributed by atoms with E-state index in [9.17, 15) is 8.42 Å². The van der Waals surface area contributed by atoms with Crippen molar-refractivity contribution < 1.29 is 8.42 Å². The normalized spacial score (nSPS) is 11.8. The van der Waals surface area contributed by atoms with Crippen molar-refractivity contribution in [2.24, 2.45) is 0 Å². The van der Waals surface area contributed by atoms with E-state index in [2.05, 4.69) is 14.9 Å². The summed E-state index contributed by atoms with van der Waals surface area (Å²) in [4.78, 5) is 0. The number of hydrogen-bond donors (Lipinski definition) is 3. The molecular formula is C5H11N5O2S2. The van der Waals surface area contributed by atoms with E-state index >= 15 is 0 Å². The van der Waals surface area contributed by atoms with Crippen LogP contribution in [-0.2, 0) is 16.6 Å². The van der Waals surface area contributed by atoms with Crippen molar-refractivity contribution in [1.29, 1.82) is 0 Å². The van der Waals surface area contributed by atoms with Crippen LogP contribution in [-0.4, -0.2) is 36.0 Å². The number of nitrogen functional groups attached to an aromatic ring is 1. The molecule has 0 aliphatic heterocycles. The molecule has 4 N–H and O–H groups in total. The lowest BCUT2D eigenvalue weighted by atomic mass is 10.6. The first-order valence-corrected chi connectivity index (χ1v) is 6.05. The molecule has 1 aromatic rings. The Balaban J connectivity index is 2.59. The molecular weight excluding hydrogens is 226 g/mol. The Bertz CT molecular complexity index is 459. The lowest BCUT2D eigenvalue weighted by Crippen LogP contribution is -2.26. The number of aromatic amines is 1. The second-order valence-electron chi connectivity index (χ2n) is 2.71. The Morgan fingerprint density at radius 2 is 2.36 bits per heavy atom. The van der Waals surface area contributed by atoms with Gasteiger partial charge in [0.1, 0.15) is 0 Å². The van der Waals surface area contributed by atoms with Crippen molar-refractivity contribution in [3.05, 3.63) is 4.77 Å². The third-order valence-electron chi connectivity index (χ3n) is 1.49. The summed E-state index contributed by atoms with van der Waals surface area (Å²) in [7, 11) is -3.17. The van der Waals surface area contributed by atoms with Gasteiger partial charge in [-0.05, 0) is 12.2 Å². The summed E-state index contributed by atoms with van der Waals surface area (Å²) >= 11 is 4.87. The topological polar surface area (TPSA) is 106 Å². The zero-order valence-electron chi connectivity index (χ0n) is 7.52. The number of nitrogens with one attached hydrogen (secondary N) is 2. The van der Waals surface area contributed by atoms with Crippen molar-refractivity contribution in [2.45, 2.75) is 6.54 Å². The zero-order valence-corrected chi connectivity index (χ0v) is 9.15. The third kappa shape index (κ3) is 3.09. The summed E-state index contributed by atoms with van der Waals surface area (Å²) < 4.78 is 25.7. The molecule has 0 saturated heterocycles. The van der Waals surface area contributed by atoms with Gasteiger partial charge in [-0.1, -0.05) is 0 Å². The van der Waals surface area contributed by atoms with Crippen LogP contribution in [0.1, 0.15) is 0 Å². The Morgan fingerprint density at radius 3 is 2.79 bits per heavy atom. The third-order valence-corrected chi connectivity index (χ3v) is 2.53. The molecule has 0 bridgehead atoms. The molecule has 0 aromatic carbocycles. The van der Waals surface area contributed by atoms with Crippen LogP contribution in [0.25, 0.3) is 0 Å². The van der Waals surface area contributed by atoms with Gasteiger partial charge in [0, 0.05) is 13.1 Å². The second kappa shape index (κ2) is 4.07. The quantitative estimate of drug-likeness (QED) is 0.587. The second-order valence-corrected chi connectivity index (χ2v) is 4.92. The van der Waals surface area contributed by atoms with Crippen molar-refractivity contribution in [3.8, 4) is 0 Å². The number of nitrogens with two attached hydrogens (primary N) is 1. The van der Waals surface area contributed by atoms with Crippen LogP contribution in [0.3, 0.4) is 0 Å². The van der Waals surface area contributed by atoms with E-state index in [0.29, 0.717) is 11.3 Å². The largest absolute Gasteiger partial charge is 0.368 e. The summed E-state index contributed by atoms with van der Waals surface area (Å²) in [5.74, 6) is 0.241. The van der Waals surface area contributed by atoms with Gasteiger partial charge in [-0.2, -0.15) is 0 Å². The number of H-pyrrole nitrogens is 1. The minimum atomic E-state index is -3.17. The molecule has 0 unspecified atom stereocenters. The maximum absolute atomic E-state index is 10.7. The van der Waals surface area contributed by atoms with Gasteiger partial charge in [0.25, 0.3) is 0 Å². The first-order chi connectivity index (χ1) is 6.40. The Hall–Kier alpha value is -0.930. The van der Waals surface area contributed by atoms with Crippen LogP contribution in [0.2, 0.25) is 0 Å². The first kappa shape index (κ1) is 11.1. The fourth-order valence-electron chi connectivity index (χ4n) is 0.889. The van der Waals surface area contributed by atoms with Crippen LogP contribution in [0, 0.1) is 4.77 Å². The lowest BCUT2D eigenvalue weighted by molar-refractivity contribution is 0.578. The average molecular weight is 237 g/mol. The van der Waals surface area contributed by atoms with Gasteiger partial charge < -0.3 is 5.73 Å². The summed E-state index contributed by atoms with van der Waals surface area (Å²) in [5, 5.41) is 6.18. The number of hydrogen-bond acceptors (Lipinski definition) is 5. The molecule has 0 saturated carbocycles. The highest BCUT2D eigenvalue weighted by atomic mass is 32.2. The minimum Gasteiger partial charge on any atom is -0.368 e. The molecule has 1 aromatic heterocycles. The van der Waals surface area contributed by atoms with Crippen molar-refractivity contribution in [1.82, 2.24) is 19.5 Å². The van der Waals surface area contributed by atoms with E-state index in [1.807, 2.05) is 0 Å². The summed E-state index contributed by atoms with van der Waals surface area (Å²) in [6.07, 6.45) is 1.09. The predicted molar refractivity (Wildman–Crippen MR) is 54.7 cm³/mol. The SMILES string of the molecule is CS(=O)(=O)NCCn1c(N)n[nH]c1=S. The van der Waals surface area contributed by atoms with Gasteiger partial charge in [-0.15, -0.1) is 5.10 Å². The first-order valence-electron chi connectivity index (χ1n) is 3.75. The predicted octanol–water partition coefficient (Wildman–Crippen LogP) is -0.928. The molecule has 0 spiro atoms. The minimum absolute atomic E-state index is 0.233. The fraction of sp³-hybridized carbons (Fsp3) is 0.600. The van der Waals surface area contributed by atoms with Gasteiger partial charge in [-0.3, -0.25) is 4.57 Å². The smallest absolute Gasteiger partial charge is 0.220 e. The van der Waals surface area contributed by atoms with Gasteiger partial charge in [0.2, 0.25) is 16.0 Å². The lowest BCUT2D eigenvalue weighted by Gasteiger charge is -2.03. The average Bonchev–Trinajstić information content (AvgIpc) is 2.33. The van der Waals surface area contributed by atoms with Crippen LogP contribution in [0.4, 0.5) is 5.95 Å². The molecule has 0 aliphatic carbocycles. The Kier molecular flexibility index (Phi) is 3.24. The number of aromatic nitrogens is 3. The van der Waals surface area contributed by atoms with Gasteiger partial charge in [0.15, 0.2) is 4.77 Å². The highest BCUT2D eigenvalue weighted by Crippen LogP contribution is 1.97. The maximum Gasteiger partial charge on any atom is 0.220 e. The van der Waals surface area contributed by atoms with Crippen molar-refractivity contribution in [3.63, 3.8) is 0 Å². The maximum atomic E-state index is 10.7. The molecule has 0 aliphatic rings. The van der Waals surface area contributed by atoms with Crippen LogP contribution < -0.4 is 10.5 Å². The molecule has 0 amide bonds. The van der Waals surface area contributed by atoms with E-state index in [1.165, 1.54) is 4.57 Å². The zero-order chi connectivity index (χ0) is 10.8. The Labute approximate surface area is 86.4 Å². The summed E-state index contributed by atoms with van der Waals surface area (Å²) in [5.41, 5.74) is 5.47. The van der Waals surface area contributed by atoms with Crippen LogP contribution in [0.5, 0.6) is 0 Å². The summed E-state index contributed by atoms with van der Waals surface area (Å²) in [6.45, 7) is 0.588. The van der Waals surface area contributed by atoms with Gasteiger partial charge in [0.05, 0.1) is 6.26 Å². The standard InChI is InChI=1S/C5H11N5O2S2/c1-14(11,12)7-2-3-10-4(6)8-9-5(10)13/h7H,2-3H2,1H3,(H2,6,8)(H,9,13). The van der Waals surface area contributed by atoms with E-state index in [-0.39, 0.29) is 12.5 Å². The molecule has 9 heteroatoms. The molecule has 0 fully saturated rings. The molecule has 0 atom stereocenters. The van der Waals surface area contributed by atoms with Gasteiger partial charge >= 0.3 is 0 Å². The summed E-state index contributed by atoms with van der Waals surface area (Å²) in [6, 6.07) is 0. The molecule has 7 nitrogen and oxygen atoms in total. The monoisotopic (exact) mass is 237 g/mol. The van der Waals surface area contributed by atoms with Crippen LogP contribution in [0.15, 0.2) is 0 Å². The molecule has 1 rings (SSSR count). The number of sulfonamides is 1. The van der Waals surface area contributed by atoms with Crippen molar-refractivity contribution >= 4 is 28.2 Å². The molecule has 1 heterocycles. The number of rotatable bonds is 4. The molecule has 14 heavy (non-hydrogen) atoms. The highest BCUT2D eigenvalue weighted by Gasteiger charge is 2.03. The van der Waals surface area contributed by atoms with E-state index in [4.69, 9.17) is 18.0 Å². The Morgan fingerprint density at radius 1 is 1.71 bits per heavy atom. The van der Waals surface area contributed by atoms with Gasteiger partial charge in [-0.25, -0.2) is 18.2 Å². The molecule has 0 radical (unpaired) electrons. The van der Waals surface area contributed by atoms with Crippen LogP contribution >= 0.6 is 12.2 Å². The van der Waals surface area contributed by atoms with E-state index < -0.39 is 10.0 Å². The van der Waals surface area contributed by atoms with Crippen molar-refractivity contribution in [2.75, 3.05) is 18.5 Å². The fourth-order valence-corrected chi connectivity index (χ4v) is 1.58. The highest BCUT2D eigenvalue weighted by molar-refractivity contribution is 7.88. The number of nitrogens with zero attached hydrogens (tertiary/aromatic N) is 2. The van der Waals surface area contributed by atoms with E-state index in [1.54, 1.807) is 0 Å². The molecule has 80 valence electrons.